The molecule has 0 aromatic carbocycles. The van der Waals surface area contributed by atoms with E-state index < -0.39 is 0 Å². The van der Waals surface area contributed by atoms with Gasteiger partial charge in [0.05, 0.1) is 0 Å². The fraction of sp³-hybridized carbons (Fsp3) is 1.00. The highest BCUT2D eigenvalue weighted by Crippen LogP contribution is 1.97. The topological polar surface area (TPSA) is 44.3 Å². The molecule has 0 saturated heterocycles. The Kier molecular flexibility index (Phi) is 8.40. The molecule has 0 fully saturated rings. The van der Waals surface area contributed by atoms with Crippen LogP contribution in [-0.2, 0) is 0 Å². The fourth-order valence-electron chi connectivity index (χ4n) is 1.15. The Bertz CT molecular complexity index is 109. The first-order chi connectivity index (χ1) is 6.22. The second-order valence-electron chi connectivity index (χ2n) is 3.54. The van der Waals surface area contributed by atoms with Crippen LogP contribution in [0.5, 0.6) is 0 Å². The highest BCUT2D eigenvalue weighted by atomic mass is 16.3. The van der Waals surface area contributed by atoms with Gasteiger partial charge in [0.15, 0.2) is 0 Å². The van der Waals surface area contributed by atoms with E-state index in [1.165, 1.54) is 12.8 Å². The van der Waals surface area contributed by atoms with Crippen molar-refractivity contribution in [1.29, 1.82) is 0 Å². The van der Waals surface area contributed by atoms with Gasteiger partial charge in [-0.2, -0.15) is 0 Å². The van der Waals surface area contributed by atoms with E-state index in [1.807, 2.05) is 13.8 Å². The summed E-state index contributed by atoms with van der Waals surface area (Å²) in [4.78, 5) is 0. The Labute approximate surface area is 81.9 Å². The van der Waals surface area contributed by atoms with Crippen LogP contribution in [0.1, 0.15) is 33.6 Å². The zero-order chi connectivity index (χ0) is 10.1. The smallest absolute Gasteiger partial charge is 0.108 e. The third-order valence-electron chi connectivity index (χ3n) is 2.13. The molecular formula is C10H24N2O. The largest absolute Gasteiger partial charge is 0.378 e. The normalized spacial score (nSPS) is 15.7. The number of hydrogen-bond acceptors (Lipinski definition) is 3. The van der Waals surface area contributed by atoms with Crippen LogP contribution in [0.15, 0.2) is 0 Å². The summed E-state index contributed by atoms with van der Waals surface area (Å²) in [5.41, 5.74) is 0. The maximum atomic E-state index is 9.52. The Morgan fingerprint density at radius 3 is 2.54 bits per heavy atom. The molecule has 0 aromatic rings. The van der Waals surface area contributed by atoms with E-state index in [9.17, 15) is 5.11 Å². The molecule has 2 unspecified atom stereocenters. The maximum absolute atomic E-state index is 9.52. The van der Waals surface area contributed by atoms with Crippen LogP contribution in [0, 0.1) is 5.92 Å². The van der Waals surface area contributed by atoms with Gasteiger partial charge in [0.1, 0.15) is 6.23 Å². The van der Waals surface area contributed by atoms with Gasteiger partial charge in [0, 0.05) is 12.5 Å². The molecular weight excluding hydrogens is 164 g/mol. The van der Waals surface area contributed by atoms with E-state index in [2.05, 4.69) is 17.6 Å². The summed E-state index contributed by atoms with van der Waals surface area (Å²) in [6.45, 7) is 8.99. The Morgan fingerprint density at radius 2 is 2.00 bits per heavy atom. The van der Waals surface area contributed by atoms with Crippen LogP contribution in [0.4, 0.5) is 0 Å². The van der Waals surface area contributed by atoms with Gasteiger partial charge in [-0.3, -0.25) is 5.32 Å². The summed E-state index contributed by atoms with van der Waals surface area (Å²) in [5, 5.41) is 15.9. The lowest BCUT2D eigenvalue weighted by Crippen LogP contribution is -2.39. The van der Waals surface area contributed by atoms with Crippen LogP contribution in [-0.4, -0.2) is 31.0 Å². The van der Waals surface area contributed by atoms with Gasteiger partial charge in [-0.05, 0) is 19.5 Å². The molecule has 0 aromatic heterocycles. The maximum Gasteiger partial charge on any atom is 0.108 e. The number of rotatable bonds is 8. The molecule has 0 radical (unpaired) electrons. The summed E-state index contributed by atoms with van der Waals surface area (Å²) in [7, 11) is 0. The van der Waals surface area contributed by atoms with E-state index in [4.69, 9.17) is 0 Å². The van der Waals surface area contributed by atoms with Crippen molar-refractivity contribution in [3.63, 3.8) is 0 Å². The van der Waals surface area contributed by atoms with Gasteiger partial charge in [-0.15, -0.1) is 0 Å². The Hall–Kier alpha value is -0.120. The average Bonchev–Trinajstić information content (AvgIpc) is 2.12. The summed E-state index contributed by atoms with van der Waals surface area (Å²) in [6, 6.07) is 0. The lowest BCUT2D eigenvalue weighted by atomic mass is 10.1. The summed E-state index contributed by atoms with van der Waals surface area (Å²) < 4.78 is 0. The van der Waals surface area contributed by atoms with Gasteiger partial charge in [-0.25, -0.2) is 0 Å². The van der Waals surface area contributed by atoms with Crippen LogP contribution in [0.2, 0.25) is 0 Å². The average molecular weight is 188 g/mol. The van der Waals surface area contributed by atoms with Crippen molar-refractivity contribution >= 4 is 0 Å². The predicted molar refractivity (Wildman–Crippen MR) is 56.6 cm³/mol. The van der Waals surface area contributed by atoms with Gasteiger partial charge in [-0.1, -0.05) is 27.2 Å². The van der Waals surface area contributed by atoms with E-state index in [0.29, 0.717) is 0 Å². The van der Waals surface area contributed by atoms with Crippen molar-refractivity contribution in [2.75, 3.05) is 19.6 Å². The monoisotopic (exact) mass is 188 g/mol. The zero-order valence-electron chi connectivity index (χ0n) is 9.14. The van der Waals surface area contributed by atoms with E-state index in [-0.39, 0.29) is 12.1 Å². The molecule has 3 nitrogen and oxygen atoms in total. The van der Waals surface area contributed by atoms with E-state index >= 15 is 0 Å². The third-order valence-corrected chi connectivity index (χ3v) is 2.13. The third kappa shape index (κ3) is 6.99. The van der Waals surface area contributed by atoms with Crippen LogP contribution < -0.4 is 10.6 Å². The molecule has 2 atom stereocenters. The molecule has 0 rings (SSSR count). The van der Waals surface area contributed by atoms with E-state index in [1.54, 1.807) is 0 Å². The highest BCUT2D eigenvalue weighted by molar-refractivity contribution is 4.64. The number of nitrogens with one attached hydrogen (secondary N) is 2. The van der Waals surface area contributed by atoms with Crippen molar-refractivity contribution in [3.8, 4) is 0 Å². The molecule has 0 aliphatic heterocycles. The molecule has 0 heterocycles. The number of unbranched alkanes of at least 4 members (excludes halogenated alkanes) is 1. The molecule has 3 heteroatoms. The van der Waals surface area contributed by atoms with Crippen molar-refractivity contribution in [2.45, 2.75) is 39.8 Å². The minimum atomic E-state index is -0.376. The SMILES string of the molecule is CCCCNCC(C)C(O)NCC. The summed E-state index contributed by atoms with van der Waals surface area (Å²) in [5.74, 6) is 0.275. The number of hydrogen-bond donors (Lipinski definition) is 3. The Balaban J connectivity index is 3.32. The van der Waals surface area contributed by atoms with E-state index in [0.717, 1.165) is 19.6 Å². The zero-order valence-corrected chi connectivity index (χ0v) is 9.14. The highest BCUT2D eigenvalue weighted by Gasteiger charge is 2.11. The molecule has 0 aliphatic rings. The minimum Gasteiger partial charge on any atom is -0.378 e. The molecule has 13 heavy (non-hydrogen) atoms. The Morgan fingerprint density at radius 1 is 1.31 bits per heavy atom. The number of aliphatic hydroxyl groups excluding tert-OH is 1. The molecule has 0 aliphatic carbocycles. The van der Waals surface area contributed by atoms with Crippen molar-refractivity contribution in [3.05, 3.63) is 0 Å². The van der Waals surface area contributed by atoms with Crippen molar-refractivity contribution < 1.29 is 5.11 Å². The first kappa shape index (κ1) is 12.9. The molecule has 3 N–H and O–H groups in total. The summed E-state index contributed by atoms with van der Waals surface area (Å²) in [6.07, 6.45) is 2.06. The fourth-order valence-corrected chi connectivity index (χ4v) is 1.15. The molecule has 0 spiro atoms. The molecule has 0 amide bonds. The number of aliphatic hydroxyl groups is 1. The molecule has 80 valence electrons. The minimum absolute atomic E-state index is 0.275. The molecule has 0 bridgehead atoms. The van der Waals surface area contributed by atoms with Gasteiger partial charge >= 0.3 is 0 Å². The van der Waals surface area contributed by atoms with Crippen LogP contribution in [0.25, 0.3) is 0 Å². The van der Waals surface area contributed by atoms with Gasteiger partial charge in [0.25, 0.3) is 0 Å². The lowest BCUT2D eigenvalue weighted by Gasteiger charge is -2.19. The lowest BCUT2D eigenvalue weighted by molar-refractivity contribution is 0.0843. The standard InChI is InChI=1S/C10H24N2O/c1-4-6-7-11-8-9(3)10(13)12-5-2/h9-13H,4-8H2,1-3H3. The second kappa shape index (κ2) is 8.48. The van der Waals surface area contributed by atoms with Crippen LogP contribution in [0.3, 0.4) is 0 Å². The predicted octanol–water partition coefficient (Wildman–Crippen LogP) is 0.940. The van der Waals surface area contributed by atoms with Gasteiger partial charge in [0.2, 0.25) is 0 Å². The first-order valence-corrected chi connectivity index (χ1v) is 5.34. The van der Waals surface area contributed by atoms with Crippen LogP contribution >= 0.6 is 0 Å². The second-order valence-corrected chi connectivity index (χ2v) is 3.54. The first-order valence-electron chi connectivity index (χ1n) is 5.34. The molecule has 0 saturated carbocycles. The van der Waals surface area contributed by atoms with Crippen molar-refractivity contribution in [1.82, 2.24) is 10.6 Å². The quantitative estimate of drug-likeness (QED) is 0.392. The summed E-state index contributed by atoms with van der Waals surface area (Å²) >= 11 is 0. The van der Waals surface area contributed by atoms with Gasteiger partial charge < -0.3 is 10.4 Å². The van der Waals surface area contributed by atoms with Crippen molar-refractivity contribution in [2.24, 2.45) is 5.92 Å².